The largest absolute Gasteiger partial charge is 0.481 e. The molecule has 1 atom stereocenters. The van der Waals surface area contributed by atoms with E-state index < -0.39 is 11.9 Å². The van der Waals surface area contributed by atoms with E-state index in [1.54, 1.807) is 11.0 Å². The Kier molecular flexibility index (Phi) is 4.98. The Morgan fingerprint density at radius 2 is 2.00 bits per heavy atom. The van der Waals surface area contributed by atoms with Gasteiger partial charge in [0.1, 0.15) is 5.70 Å². The van der Waals surface area contributed by atoms with Gasteiger partial charge in [-0.15, -0.1) is 16.4 Å². The predicted molar refractivity (Wildman–Crippen MR) is 104 cm³/mol. The molecule has 1 aromatic carbocycles. The molecule has 0 spiro atoms. The van der Waals surface area contributed by atoms with Crippen LogP contribution < -0.4 is 0 Å². The molecular weight excluding hydrogens is 378 g/mol. The van der Waals surface area contributed by atoms with Crippen LogP contribution >= 0.6 is 11.3 Å². The van der Waals surface area contributed by atoms with Crippen LogP contribution in [-0.2, 0) is 9.59 Å². The summed E-state index contributed by atoms with van der Waals surface area (Å²) in [5.74, 6) is -1.27. The van der Waals surface area contributed by atoms with Crippen LogP contribution in [0, 0.1) is 5.92 Å². The molecule has 2 aromatic heterocycles. The van der Waals surface area contributed by atoms with Crippen molar-refractivity contribution in [3.8, 4) is 11.4 Å². The van der Waals surface area contributed by atoms with Gasteiger partial charge in [0.2, 0.25) is 0 Å². The van der Waals surface area contributed by atoms with Crippen LogP contribution in [0.15, 0.2) is 47.8 Å². The second-order valence-electron chi connectivity index (χ2n) is 6.40. The van der Waals surface area contributed by atoms with Crippen LogP contribution in [0.25, 0.3) is 23.2 Å². The third-order valence-corrected chi connectivity index (χ3v) is 5.41. The molecule has 0 bridgehead atoms. The fourth-order valence-corrected chi connectivity index (χ4v) is 3.80. The van der Waals surface area contributed by atoms with Gasteiger partial charge in [-0.05, 0) is 34.4 Å². The average molecular weight is 395 g/mol. The zero-order valence-corrected chi connectivity index (χ0v) is 15.6. The van der Waals surface area contributed by atoms with E-state index in [0.29, 0.717) is 18.8 Å². The Balaban J connectivity index is 1.74. The smallest absolute Gasteiger partial charge is 0.308 e. The number of benzene rings is 1. The number of carbonyl (C=O) groups excluding carboxylic acids is 1. The lowest BCUT2D eigenvalue weighted by Gasteiger charge is -2.18. The van der Waals surface area contributed by atoms with Gasteiger partial charge in [0.25, 0.3) is 5.91 Å². The lowest BCUT2D eigenvalue weighted by atomic mass is 10.1. The van der Waals surface area contributed by atoms with Gasteiger partial charge in [-0.25, -0.2) is 0 Å². The van der Waals surface area contributed by atoms with E-state index in [0.717, 1.165) is 10.4 Å². The summed E-state index contributed by atoms with van der Waals surface area (Å²) in [7, 11) is 0. The van der Waals surface area contributed by atoms with Crippen molar-refractivity contribution in [3.63, 3.8) is 0 Å². The minimum Gasteiger partial charge on any atom is -0.481 e. The number of nitrogens with zero attached hydrogens (tertiary/aromatic N) is 5. The van der Waals surface area contributed by atoms with Crippen LogP contribution in [0.1, 0.15) is 11.3 Å². The van der Waals surface area contributed by atoms with Gasteiger partial charge >= 0.3 is 5.97 Å². The minimum absolute atomic E-state index is 0.179. The molecule has 3 heterocycles. The predicted octanol–water partition coefficient (Wildman–Crippen LogP) is 2.33. The Morgan fingerprint density at radius 3 is 2.68 bits per heavy atom. The van der Waals surface area contributed by atoms with E-state index in [1.807, 2.05) is 47.8 Å². The fourth-order valence-electron chi connectivity index (χ4n) is 3.15. The lowest BCUT2D eigenvalue weighted by Crippen LogP contribution is -2.32. The Morgan fingerprint density at radius 1 is 1.18 bits per heavy atom. The summed E-state index contributed by atoms with van der Waals surface area (Å²) in [6, 6.07) is 13.2. The number of carboxylic acids is 1. The fraction of sp³-hybridized carbons (Fsp3) is 0.211. The van der Waals surface area contributed by atoms with Crippen molar-refractivity contribution < 1.29 is 14.7 Å². The number of likely N-dealkylation sites (tertiary alicyclic amines) is 1. The molecule has 0 saturated carbocycles. The Labute approximate surface area is 164 Å². The van der Waals surface area contributed by atoms with Gasteiger partial charge in [-0.3, -0.25) is 9.59 Å². The van der Waals surface area contributed by atoms with Crippen molar-refractivity contribution in [2.75, 3.05) is 13.1 Å². The molecule has 0 radical (unpaired) electrons. The van der Waals surface area contributed by atoms with Gasteiger partial charge < -0.3 is 10.0 Å². The van der Waals surface area contributed by atoms with Crippen LogP contribution in [0.4, 0.5) is 0 Å². The average Bonchev–Trinajstić information content (AvgIpc) is 3.47. The molecule has 1 fully saturated rings. The third-order valence-electron chi connectivity index (χ3n) is 4.60. The summed E-state index contributed by atoms with van der Waals surface area (Å²) in [5.41, 5.74) is 1.07. The van der Waals surface area contributed by atoms with E-state index in [9.17, 15) is 14.7 Å². The Bertz CT molecular complexity index is 1010. The Hall–Kier alpha value is -3.33. The third kappa shape index (κ3) is 3.56. The molecule has 1 aliphatic heterocycles. The van der Waals surface area contributed by atoms with Crippen LogP contribution in [0.2, 0.25) is 0 Å². The van der Waals surface area contributed by atoms with Crippen molar-refractivity contribution in [1.29, 1.82) is 0 Å². The van der Waals surface area contributed by atoms with E-state index in [-0.39, 0.29) is 18.1 Å². The minimum atomic E-state index is -0.883. The monoisotopic (exact) mass is 395 g/mol. The van der Waals surface area contributed by atoms with E-state index >= 15 is 0 Å². The number of hydrogen-bond acceptors (Lipinski definition) is 6. The summed E-state index contributed by atoms with van der Waals surface area (Å²) < 4.78 is 1.42. The van der Waals surface area contributed by atoms with Crippen molar-refractivity contribution in [2.24, 2.45) is 5.92 Å². The second-order valence-corrected chi connectivity index (χ2v) is 7.38. The number of thiophene rings is 1. The van der Waals surface area contributed by atoms with Crippen LogP contribution in [0.5, 0.6) is 0 Å². The van der Waals surface area contributed by atoms with E-state index in [2.05, 4.69) is 15.5 Å². The molecule has 4 rings (SSSR count). The highest BCUT2D eigenvalue weighted by molar-refractivity contribution is 7.10. The number of hydrogen-bond donors (Lipinski definition) is 1. The highest BCUT2D eigenvalue weighted by Gasteiger charge is 2.33. The summed E-state index contributed by atoms with van der Waals surface area (Å²) in [6.07, 6.45) is 2.18. The maximum absolute atomic E-state index is 13.3. The first-order valence-electron chi connectivity index (χ1n) is 8.75. The maximum Gasteiger partial charge on any atom is 0.308 e. The number of carboxylic acid groups (broad SMARTS) is 1. The second kappa shape index (κ2) is 7.73. The molecule has 9 heteroatoms. The maximum atomic E-state index is 13.3. The number of tetrazole rings is 1. The van der Waals surface area contributed by atoms with Gasteiger partial charge in [-0.2, -0.15) is 4.68 Å². The number of aliphatic carboxylic acids is 1. The van der Waals surface area contributed by atoms with Gasteiger partial charge in [0, 0.05) is 23.5 Å². The molecule has 142 valence electrons. The molecule has 1 saturated heterocycles. The van der Waals surface area contributed by atoms with Crippen molar-refractivity contribution in [2.45, 2.75) is 6.42 Å². The van der Waals surface area contributed by atoms with Crippen molar-refractivity contribution in [1.82, 2.24) is 25.1 Å². The molecular formula is C19H17N5O3S. The first-order chi connectivity index (χ1) is 13.6. The molecule has 28 heavy (non-hydrogen) atoms. The number of rotatable bonds is 5. The first kappa shape index (κ1) is 18.1. The quantitative estimate of drug-likeness (QED) is 0.666. The molecule has 0 aliphatic carbocycles. The van der Waals surface area contributed by atoms with E-state index in [1.165, 1.54) is 16.0 Å². The summed E-state index contributed by atoms with van der Waals surface area (Å²) in [5, 5.41) is 23.1. The van der Waals surface area contributed by atoms with Crippen LogP contribution in [-0.4, -0.2) is 55.2 Å². The lowest BCUT2D eigenvalue weighted by molar-refractivity contribution is -0.141. The molecule has 3 aromatic rings. The van der Waals surface area contributed by atoms with E-state index in [4.69, 9.17) is 0 Å². The number of carbonyl (C=O) groups is 2. The van der Waals surface area contributed by atoms with Gasteiger partial charge in [0.05, 0.1) is 5.92 Å². The number of amides is 1. The zero-order valence-electron chi connectivity index (χ0n) is 14.8. The normalized spacial score (nSPS) is 17.1. The zero-order chi connectivity index (χ0) is 19.5. The number of aromatic nitrogens is 4. The molecule has 1 N–H and O–H groups in total. The van der Waals surface area contributed by atoms with Crippen LogP contribution in [0.3, 0.4) is 0 Å². The van der Waals surface area contributed by atoms with Crippen molar-refractivity contribution in [3.05, 3.63) is 52.7 Å². The highest BCUT2D eigenvalue weighted by atomic mass is 32.1. The van der Waals surface area contributed by atoms with Gasteiger partial charge in [0.15, 0.2) is 5.82 Å². The van der Waals surface area contributed by atoms with Gasteiger partial charge in [-0.1, -0.05) is 36.4 Å². The highest BCUT2D eigenvalue weighted by Crippen LogP contribution is 2.25. The molecule has 1 amide bonds. The standard InChI is InChI=1S/C19H17N5O3S/c25-18(23-9-8-14(12-23)19(26)27)16(11-15-7-4-10-28-15)24-17(20-21-22-24)13-5-2-1-3-6-13/h1-7,10-11,14H,8-9,12H2,(H,26,27). The summed E-state index contributed by atoms with van der Waals surface area (Å²) >= 11 is 1.49. The molecule has 1 aliphatic rings. The first-order valence-corrected chi connectivity index (χ1v) is 9.63. The molecule has 1 unspecified atom stereocenters. The topological polar surface area (TPSA) is 101 Å². The molecule has 8 nitrogen and oxygen atoms in total. The SMILES string of the molecule is O=C(O)C1CCN(C(=O)C(=Cc2cccs2)n2nnnc2-c2ccccc2)C1. The summed E-state index contributed by atoms with van der Waals surface area (Å²) in [4.78, 5) is 27.0. The van der Waals surface area contributed by atoms with Crippen molar-refractivity contribution >= 4 is 35.0 Å². The summed E-state index contributed by atoms with van der Waals surface area (Å²) in [6.45, 7) is 0.569.